The Morgan fingerprint density at radius 2 is 0.648 bits per heavy atom. The minimum Gasteiger partial charge on any atom is -0.462 e. The average Bonchev–Trinajstić information content (AvgIpc) is 3.17. The highest BCUT2D eigenvalue weighted by Crippen LogP contribution is 2.17. The van der Waals surface area contributed by atoms with Crippen molar-refractivity contribution in [1.29, 1.82) is 0 Å². The lowest BCUT2D eigenvalue weighted by atomic mass is 9.99. The van der Waals surface area contributed by atoms with E-state index in [0.29, 0.717) is 19.3 Å². The van der Waals surface area contributed by atoms with Crippen molar-refractivity contribution < 1.29 is 28.6 Å². The highest BCUT2D eigenvalue weighted by atomic mass is 16.6. The first-order valence-corrected chi connectivity index (χ1v) is 23.9. The van der Waals surface area contributed by atoms with Crippen molar-refractivity contribution in [3.8, 4) is 0 Å². The van der Waals surface area contributed by atoms with Crippen LogP contribution < -0.4 is 0 Å². The van der Waals surface area contributed by atoms with Gasteiger partial charge in [-0.2, -0.15) is 0 Å². The highest BCUT2D eigenvalue weighted by Gasteiger charge is 2.19. The Balaban J connectivity index is 4.28. The van der Waals surface area contributed by atoms with Gasteiger partial charge in [-0.3, -0.25) is 14.4 Å². The van der Waals surface area contributed by atoms with Crippen molar-refractivity contribution in [3.63, 3.8) is 0 Å². The van der Waals surface area contributed by atoms with Crippen LogP contribution in [-0.4, -0.2) is 37.2 Å². The zero-order chi connectivity index (χ0) is 39.6. The van der Waals surface area contributed by atoms with Gasteiger partial charge in [0.2, 0.25) is 0 Å². The molecule has 6 nitrogen and oxygen atoms in total. The lowest BCUT2D eigenvalue weighted by Gasteiger charge is -2.18. The second-order valence-electron chi connectivity index (χ2n) is 16.6. The molecule has 0 rings (SSSR count). The molecule has 0 saturated carbocycles. The summed E-state index contributed by atoms with van der Waals surface area (Å²) in [5, 5.41) is 0. The summed E-state index contributed by atoms with van der Waals surface area (Å²) in [5.74, 6) is -0.00630. The van der Waals surface area contributed by atoms with Crippen LogP contribution in [0, 0.1) is 5.92 Å². The summed E-state index contributed by atoms with van der Waals surface area (Å²) in [6, 6.07) is 0. The molecule has 6 heteroatoms. The van der Waals surface area contributed by atoms with Crippen LogP contribution in [0.15, 0.2) is 0 Å². The molecular weight excluding hydrogens is 673 g/mol. The third-order valence-corrected chi connectivity index (χ3v) is 11.2. The SMILES string of the molecule is CCCCCCCCCCCCCCCCCC(=O)OC[C@H](COC(=O)CCCCCCCCCCC(C)CC)OC(=O)CCCCCCCCCCC. The van der Waals surface area contributed by atoms with Gasteiger partial charge in [0.05, 0.1) is 0 Å². The second kappa shape index (κ2) is 42.6. The minimum atomic E-state index is -0.759. The predicted octanol–water partition coefficient (Wildman–Crippen LogP) is 15.1. The first-order valence-electron chi connectivity index (χ1n) is 23.9. The molecule has 0 fully saturated rings. The molecule has 0 radical (unpaired) electrons. The largest absolute Gasteiger partial charge is 0.462 e. The molecule has 1 unspecified atom stereocenters. The highest BCUT2D eigenvalue weighted by molar-refractivity contribution is 5.71. The maximum atomic E-state index is 12.7. The van der Waals surface area contributed by atoms with Crippen LogP contribution in [0.2, 0.25) is 0 Å². The molecule has 320 valence electrons. The third-order valence-electron chi connectivity index (χ3n) is 11.2. The topological polar surface area (TPSA) is 78.9 Å². The van der Waals surface area contributed by atoms with Gasteiger partial charge in [-0.05, 0) is 25.2 Å². The normalized spacial score (nSPS) is 12.4. The van der Waals surface area contributed by atoms with Gasteiger partial charge in [0.15, 0.2) is 6.10 Å². The quantitative estimate of drug-likeness (QED) is 0.0349. The molecule has 0 aliphatic carbocycles. The number of carbonyl (C=O) groups is 3. The number of unbranched alkanes of at least 4 members (excludes halogenated alkanes) is 29. The maximum absolute atomic E-state index is 12.7. The molecule has 2 atom stereocenters. The van der Waals surface area contributed by atoms with Gasteiger partial charge in [-0.25, -0.2) is 0 Å². The van der Waals surface area contributed by atoms with Crippen LogP contribution in [-0.2, 0) is 28.6 Å². The molecule has 0 aromatic heterocycles. The number of hydrogen-bond donors (Lipinski definition) is 0. The molecule has 0 N–H and O–H groups in total. The van der Waals surface area contributed by atoms with Gasteiger partial charge in [0.25, 0.3) is 0 Å². The third kappa shape index (κ3) is 40.1. The number of esters is 3. The molecule has 0 heterocycles. The van der Waals surface area contributed by atoms with Crippen molar-refractivity contribution in [1.82, 2.24) is 0 Å². The van der Waals surface area contributed by atoms with Crippen molar-refractivity contribution >= 4 is 17.9 Å². The molecule has 0 spiro atoms. The summed E-state index contributed by atoms with van der Waals surface area (Å²) in [6.45, 7) is 8.99. The molecule has 0 amide bonds. The van der Waals surface area contributed by atoms with E-state index in [1.807, 2.05) is 0 Å². The minimum absolute atomic E-state index is 0.0638. The summed E-state index contributed by atoms with van der Waals surface area (Å²) in [7, 11) is 0. The predicted molar refractivity (Wildman–Crippen MR) is 229 cm³/mol. The van der Waals surface area contributed by atoms with Gasteiger partial charge >= 0.3 is 17.9 Å². The second-order valence-corrected chi connectivity index (χ2v) is 16.6. The summed E-state index contributed by atoms with van der Waals surface area (Å²) >= 11 is 0. The molecule has 0 aliphatic rings. The Morgan fingerprint density at radius 3 is 0.963 bits per heavy atom. The number of carbonyl (C=O) groups excluding carboxylic acids is 3. The maximum Gasteiger partial charge on any atom is 0.306 e. The fourth-order valence-electron chi connectivity index (χ4n) is 7.12. The lowest BCUT2D eigenvalue weighted by Crippen LogP contribution is -2.30. The average molecular weight is 765 g/mol. The van der Waals surface area contributed by atoms with E-state index in [4.69, 9.17) is 14.2 Å². The van der Waals surface area contributed by atoms with Crippen LogP contribution in [0.25, 0.3) is 0 Å². The molecular formula is C48H92O6. The van der Waals surface area contributed by atoms with E-state index in [2.05, 4.69) is 27.7 Å². The Bertz CT molecular complexity index is 813. The van der Waals surface area contributed by atoms with E-state index in [1.54, 1.807) is 0 Å². The van der Waals surface area contributed by atoms with Crippen molar-refractivity contribution in [2.45, 2.75) is 271 Å². The van der Waals surface area contributed by atoms with Crippen molar-refractivity contribution in [2.75, 3.05) is 13.2 Å². The van der Waals surface area contributed by atoms with Gasteiger partial charge in [-0.1, -0.05) is 227 Å². The van der Waals surface area contributed by atoms with Gasteiger partial charge in [-0.15, -0.1) is 0 Å². The monoisotopic (exact) mass is 765 g/mol. The van der Waals surface area contributed by atoms with Gasteiger partial charge in [0, 0.05) is 19.3 Å². The Kier molecular flexibility index (Phi) is 41.3. The number of ether oxygens (including phenoxy) is 3. The summed E-state index contributed by atoms with van der Waals surface area (Å²) < 4.78 is 16.7. The van der Waals surface area contributed by atoms with Crippen LogP contribution in [0.4, 0.5) is 0 Å². The molecule has 0 bridgehead atoms. The summed E-state index contributed by atoms with van der Waals surface area (Å²) in [6.07, 6.45) is 42.2. The Labute approximate surface area is 336 Å². The van der Waals surface area contributed by atoms with E-state index < -0.39 is 6.10 Å². The number of rotatable bonds is 43. The van der Waals surface area contributed by atoms with Crippen LogP contribution in [0.3, 0.4) is 0 Å². The Hall–Kier alpha value is -1.59. The molecule has 0 aromatic rings. The first kappa shape index (κ1) is 52.4. The van der Waals surface area contributed by atoms with Crippen LogP contribution >= 0.6 is 0 Å². The first-order chi connectivity index (χ1) is 26.4. The van der Waals surface area contributed by atoms with E-state index in [-0.39, 0.29) is 31.1 Å². The van der Waals surface area contributed by atoms with E-state index in [1.165, 1.54) is 161 Å². The smallest absolute Gasteiger partial charge is 0.306 e. The van der Waals surface area contributed by atoms with E-state index in [0.717, 1.165) is 63.7 Å². The standard InChI is InChI=1S/C48H92O6/c1-5-8-10-12-14-16-17-18-19-20-21-23-27-31-35-39-46(49)52-42-45(54-48(51)41-37-33-29-22-15-13-11-9-6-2)43-53-47(50)40-36-32-28-25-24-26-30-34-38-44(4)7-3/h44-45H,5-43H2,1-4H3/t44?,45-/m1/s1. The summed E-state index contributed by atoms with van der Waals surface area (Å²) in [4.78, 5) is 37.7. The van der Waals surface area contributed by atoms with Crippen molar-refractivity contribution in [2.24, 2.45) is 5.92 Å². The molecule has 0 saturated heterocycles. The van der Waals surface area contributed by atoms with Gasteiger partial charge in [0.1, 0.15) is 13.2 Å². The van der Waals surface area contributed by atoms with E-state index in [9.17, 15) is 14.4 Å². The van der Waals surface area contributed by atoms with Gasteiger partial charge < -0.3 is 14.2 Å². The Morgan fingerprint density at radius 1 is 0.370 bits per heavy atom. The zero-order valence-electron chi connectivity index (χ0n) is 36.7. The fraction of sp³-hybridized carbons (Fsp3) is 0.938. The molecule has 0 aliphatic heterocycles. The van der Waals surface area contributed by atoms with Crippen LogP contribution in [0.1, 0.15) is 265 Å². The lowest BCUT2D eigenvalue weighted by molar-refractivity contribution is -0.167. The molecule has 0 aromatic carbocycles. The number of hydrogen-bond acceptors (Lipinski definition) is 6. The fourth-order valence-corrected chi connectivity index (χ4v) is 7.12. The van der Waals surface area contributed by atoms with Crippen molar-refractivity contribution in [3.05, 3.63) is 0 Å². The van der Waals surface area contributed by atoms with Crippen LogP contribution in [0.5, 0.6) is 0 Å². The van der Waals surface area contributed by atoms with E-state index >= 15 is 0 Å². The zero-order valence-corrected chi connectivity index (χ0v) is 36.7. The summed E-state index contributed by atoms with van der Waals surface area (Å²) in [5.41, 5.74) is 0. The molecule has 54 heavy (non-hydrogen) atoms.